The topological polar surface area (TPSA) is 75.2 Å². The minimum Gasteiger partial charge on any atom is -0.339 e. The van der Waals surface area contributed by atoms with Crippen molar-refractivity contribution in [3.63, 3.8) is 0 Å². The first kappa shape index (κ1) is 26.3. The van der Waals surface area contributed by atoms with E-state index in [0.717, 1.165) is 24.8 Å². The molecule has 1 atom stereocenters. The van der Waals surface area contributed by atoms with Crippen LogP contribution >= 0.6 is 22.9 Å². The van der Waals surface area contributed by atoms with Gasteiger partial charge in [-0.3, -0.25) is 9.59 Å². The highest BCUT2D eigenvalue weighted by Crippen LogP contribution is 2.27. The highest BCUT2D eigenvalue weighted by Gasteiger charge is 2.20. The Kier molecular flexibility index (Phi) is 11.7. The van der Waals surface area contributed by atoms with Gasteiger partial charge < -0.3 is 10.2 Å². The van der Waals surface area contributed by atoms with E-state index in [1.807, 2.05) is 24.0 Å². The van der Waals surface area contributed by atoms with Gasteiger partial charge in [-0.2, -0.15) is 0 Å². The van der Waals surface area contributed by atoms with E-state index in [2.05, 4.69) is 29.4 Å². The van der Waals surface area contributed by atoms with Crippen molar-refractivity contribution in [1.29, 1.82) is 0 Å². The number of hydrogen-bond acceptors (Lipinski definition) is 5. The molecular weight excluding hydrogens is 444 g/mol. The van der Waals surface area contributed by atoms with Crippen LogP contribution in [0.25, 0.3) is 10.6 Å². The first-order chi connectivity index (χ1) is 15.4. The van der Waals surface area contributed by atoms with Crippen molar-refractivity contribution < 1.29 is 9.59 Å². The van der Waals surface area contributed by atoms with Gasteiger partial charge in [0, 0.05) is 36.0 Å². The summed E-state index contributed by atoms with van der Waals surface area (Å²) >= 11 is 7.24. The van der Waals surface area contributed by atoms with E-state index in [9.17, 15) is 9.59 Å². The van der Waals surface area contributed by atoms with E-state index in [-0.39, 0.29) is 24.3 Å². The smallest absolute Gasteiger partial charge is 0.227 e. The number of unbranched alkanes of at least 4 members (excludes halogenated alkanes) is 5. The molecule has 0 aliphatic heterocycles. The largest absolute Gasteiger partial charge is 0.339 e. The van der Waals surface area contributed by atoms with Gasteiger partial charge in [0.15, 0.2) is 0 Å². The van der Waals surface area contributed by atoms with Crippen LogP contribution in [0.2, 0.25) is 5.02 Å². The van der Waals surface area contributed by atoms with E-state index in [0.29, 0.717) is 28.1 Å². The minimum absolute atomic E-state index is 0.119. The van der Waals surface area contributed by atoms with Gasteiger partial charge in [0.2, 0.25) is 16.9 Å². The number of amides is 2. The molecule has 0 radical (unpaired) electrons. The normalized spacial score (nSPS) is 11.9. The molecule has 0 aliphatic rings. The molecule has 2 rings (SSSR count). The Balaban J connectivity index is 1.82. The maximum Gasteiger partial charge on any atom is 0.227 e. The summed E-state index contributed by atoms with van der Waals surface area (Å²) in [7, 11) is 0. The molecule has 0 bridgehead atoms. The van der Waals surface area contributed by atoms with Gasteiger partial charge in [0.05, 0.1) is 0 Å². The zero-order valence-electron chi connectivity index (χ0n) is 19.4. The number of nitrogens with one attached hydrogen (secondary N) is 1. The number of carbonyl (C=O) groups is 2. The number of anilines is 1. The zero-order valence-corrected chi connectivity index (χ0v) is 21.0. The Morgan fingerprint density at radius 2 is 1.72 bits per heavy atom. The average Bonchev–Trinajstić information content (AvgIpc) is 3.24. The molecule has 0 spiro atoms. The van der Waals surface area contributed by atoms with Crippen LogP contribution in [0.1, 0.15) is 78.6 Å². The summed E-state index contributed by atoms with van der Waals surface area (Å²) in [6.45, 7) is 6.72. The molecule has 176 valence electrons. The van der Waals surface area contributed by atoms with Crippen molar-refractivity contribution in [2.75, 3.05) is 11.9 Å². The van der Waals surface area contributed by atoms with Crippen LogP contribution in [0, 0.1) is 0 Å². The SMILES string of the molecule is CCCCCCCCC(=O)N(CCC(=O)Nc1nnc(-c2ccc(Cl)cc2)s1)[C@H](C)CC. The summed E-state index contributed by atoms with van der Waals surface area (Å²) in [5, 5.41) is 12.8. The van der Waals surface area contributed by atoms with Crippen molar-refractivity contribution in [2.45, 2.75) is 84.6 Å². The Morgan fingerprint density at radius 1 is 1.03 bits per heavy atom. The third kappa shape index (κ3) is 8.87. The summed E-state index contributed by atoms with van der Waals surface area (Å²) in [4.78, 5) is 27.1. The number of hydrogen-bond donors (Lipinski definition) is 1. The molecule has 1 aromatic heterocycles. The van der Waals surface area contributed by atoms with E-state index in [1.54, 1.807) is 12.1 Å². The molecule has 2 aromatic rings. The Hall–Kier alpha value is -1.99. The van der Waals surface area contributed by atoms with Gasteiger partial charge in [-0.05, 0) is 31.9 Å². The lowest BCUT2D eigenvalue weighted by atomic mass is 10.1. The molecule has 0 unspecified atom stereocenters. The Bertz CT molecular complexity index is 841. The summed E-state index contributed by atoms with van der Waals surface area (Å²) in [5.74, 6) is -0.0203. The Morgan fingerprint density at radius 3 is 2.41 bits per heavy atom. The second-order valence-electron chi connectivity index (χ2n) is 8.08. The lowest BCUT2D eigenvalue weighted by Crippen LogP contribution is -2.40. The van der Waals surface area contributed by atoms with Crippen molar-refractivity contribution in [3.8, 4) is 10.6 Å². The van der Waals surface area contributed by atoms with E-state index >= 15 is 0 Å². The van der Waals surface area contributed by atoms with Crippen molar-refractivity contribution in [1.82, 2.24) is 15.1 Å². The molecule has 0 saturated heterocycles. The van der Waals surface area contributed by atoms with E-state index < -0.39 is 0 Å². The number of benzene rings is 1. The first-order valence-electron chi connectivity index (χ1n) is 11.6. The van der Waals surface area contributed by atoms with Crippen molar-refractivity contribution >= 4 is 39.9 Å². The summed E-state index contributed by atoms with van der Waals surface area (Å²) in [5.41, 5.74) is 0.899. The molecule has 0 fully saturated rings. The van der Waals surface area contributed by atoms with Gasteiger partial charge >= 0.3 is 0 Å². The predicted octanol–water partition coefficient (Wildman–Crippen LogP) is 6.56. The van der Waals surface area contributed by atoms with Crippen LogP contribution in [0.15, 0.2) is 24.3 Å². The van der Waals surface area contributed by atoms with Crippen LogP contribution in [0.4, 0.5) is 5.13 Å². The highest BCUT2D eigenvalue weighted by molar-refractivity contribution is 7.18. The molecule has 2 amide bonds. The fourth-order valence-corrected chi connectivity index (χ4v) is 4.29. The minimum atomic E-state index is -0.163. The maximum atomic E-state index is 12.8. The molecule has 1 aromatic carbocycles. The van der Waals surface area contributed by atoms with Crippen molar-refractivity contribution in [3.05, 3.63) is 29.3 Å². The fraction of sp³-hybridized carbons (Fsp3) is 0.583. The van der Waals surface area contributed by atoms with Crippen LogP contribution in [0.5, 0.6) is 0 Å². The maximum absolute atomic E-state index is 12.8. The molecule has 0 saturated carbocycles. The second kappa shape index (κ2) is 14.2. The lowest BCUT2D eigenvalue weighted by molar-refractivity contribution is -0.133. The predicted molar refractivity (Wildman–Crippen MR) is 133 cm³/mol. The third-order valence-corrected chi connectivity index (χ3v) is 6.67. The zero-order chi connectivity index (χ0) is 23.3. The van der Waals surface area contributed by atoms with Crippen LogP contribution in [-0.2, 0) is 9.59 Å². The summed E-state index contributed by atoms with van der Waals surface area (Å²) in [6.07, 6.45) is 8.58. The van der Waals surface area contributed by atoms with Gasteiger partial charge in [-0.25, -0.2) is 0 Å². The number of rotatable bonds is 14. The van der Waals surface area contributed by atoms with Gasteiger partial charge in [-0.1, -0.05) is 81.0 Å². The third-order valence-electron chi connectivity index (χ3n) is 5.53. The molecular formula is C24H35ClN4O2S. The van der Waals surface area contributed by atoms with Gasteiger partial charge in [0.25, 0.3) is 0 Å². The summed E-state index contributed by atoms with van der Waals surface area (Å²) in [6, 6.07) is 7.44. The molecule has 1 heterocycles. The van der Waals surface area contributed by atoms with Crippen LogP contribution < -0.4 is 5.32 Å². The molecule has 32 heavy (non-hydrogen) atoms. The first-order valence-corrected chi connectivity index (χ1v) is 12.8. The lowest BCUT2D eigenvalue weighted by Gasteiger charge is -2.28. The van der Waals surface area contributed by atoms with Gasteiger partial charge in [0.1, 0.15) is 5.01 Å². The quantitative estimate of drug-likeness (QED) is 0.312. The number of carbonyl (C=O) groups excluding carboxylic acids is 2. The standard InChI is InChI=1S/C24H35ClN4O2S/c1-4-6-7-8-9-10-11-22(31)29(18(3)5-2)17-16-21(30)26-24-28-27-23(32-24)19-12-14-20(25)15-13-19/h12-15,18H,4-11,16-17H2,1-3H3,(H,26,28,30)/t18-/m1/s1. The molecule has 6 nitrogen and oxygen atoms in total. The monoisotopic (exact) mass is 478 g/mol. The molecule has 0 aliphatic carbocycles. The molecule has 1 N–H and O–H groups in total. The second-order valence-corrected chi connectivity index (χ2v) is 9.49. The summed E-state index contributed by atoms with van der Waals surface area (Å²) < 4.78 is 0. The number of aromatic nitrogens is 2. The fourth-order valence-electron chi connectivity index (χ4n) is 3.40. The number of nitrogens with zero attached hydrogens (tertiary/aromatic N) is 3. The van der Waals surface area contributed by atoms with Crippen molar-refractivity contribution in [2.24, 2.45) is 0 Å². The average molecular weight is 479 g/mol. The molecule has 8 heteroatoms. The highest BCUT2D eigenvalue weighted by atomic mass is 35.5. The van der Waals surface area contributed by atoms with E-state index in [1.165, 1.54) is 37.0 Å². The van der Waals surface area contributed by atoms with E-state index in [4.69, 9.17) is 11.6 Å². The number of halogens is 1. The van der Waals surface area contributed by atoms with Crippen LogP contribution in [0.3, 0.4) is 0 Å². The van der Waals surface area contributed by atoms with Gasteiger partial charge in [-0.15, -0.1) is 10.2 Å². The Labute approximate surface area is 200 Å². The van der Waals surface area contributed by atoms with Crippen LogP contribution in [-0.4, -0.2) is 39.5 Å².